The van der Waals surface area contributed by atoms with E-state index in [9.17, 15) is 4.79 Å². The van der Waals surface area contributed by atoms with Crippen molar-refractivity contribution in [1.29, 1.82) is 0 Å². The Labute approximate surface area is 96.0 Å². The second-order valence-electron chi connectivity index (χ2n) is 4.05. The summed E-state index contributed by atoms with van der Waals surface area (Å²) in [6.45, 7) is 7.02. The highest BCUT2D eigenvalue weighted by Gasteiger charge is 2.30. The summed E-state index contributed by atoms with van der Waals surface area (Å²) < 4.78 is 1.97. The Morgan fingerprint density at radius 3 is 2.81 bits per heavy atom. The number of amides is 1. The van der Waals surface area contributed by atoms with Gasteiger partial charge in [-0.2, -0.15) is 0 Å². The third-order valence-corrected chi connectivity index (χ3v) is 2.72. The van der Waals surface area contributed by atoms with Gasteiger partial charge in [-0.05, 0) is 13.5 Å². The molecule has 0 aromatic carbocycles. The molecule has 5 heteroatoms. The van der Waals surface area contributed by atoms with Crippen LogP contribution in [0.4, 0.5) is 0 Å². The highest BCUT2D eigenvalue weighted by atomic mass is 16.1. The van der Waals surface area contributed by atoms with Gasteiger partial charge in [-0.3, -0.25) is 4.79 Å². The van der Waals surface area contributed by atoms with E-state index >= 15 is 0 Å². The average Bonchev–Trinajstić information content (AvgIpc) is 2.65. The zero-order valence-electron chi connectivity index (χ0n) is 10.2. The molecule has 0 aliphatic heterocycles. The summed E-state index contributed by atoms with van der Waals surface area (Å²) in [7, 11) is 0. The van der Waals surface area contributed by atoms with Crippen molar-refractivity contribution in [3.05, 3.63) is 18.2 Å². The normalized spacial score (nSPS) is 14.7. The number of hydrogen-bond acceptors (Lipinski definition) is 3. The van der Waals surface area contributed by atoms with Crippen LogP contribution in [0.5, 0.6) is 0 Å². The topological polar surface area (TPSA) is 72.9 Å². The van der Waals surface area contributed by atoms with Crippen molar-refractivity contribution < 1.29 is 4.79 Å². The smallest absolute Gasteiger partial charge is 0.239 e. The maximum absolute atomic E-state index is 11.5. The van der Waals surface area contributed by atoms with Gasteiger partial charge in [0.05, 0.1) is 6.54 Å². The van der Waals surface area contributed by atoms with E-state index in [1.165, 1.54) is 0 Å². The van der Waals surface area contributed by atoms with Crippen LogP contribution in [-0.4, -0.2) is 27.5 Å². The van der Waals surface area contributed by atoms with Gasteiger partial charge >= 0.3 is 0 Å². The number of nitrogens with two attached hydrogens (primary N) is 1. The molecule has 0 radical (unpaired) electrons. The maximum Gasteiger partial charge on any atom is 0.239 e. The van der Waals surface area contributed by atoms with Crippen molar-refractivity contribution in [3.63, 3.8) is 0 Å². The predicted octanol–water partition coefficient (Wildman–Crippen LogP) is 0.299. The molecule has 1 aromatic rings. The van der Waals surface area contributed by atoms with Crippen molar-refractivity contribution in [2.45, 2.75) is 39.3 Å². The van der Waals surface area contributed by atoms with E-state index < -0.39 is 5.54 Å². The number of carbonyl (C=O) groups excluding carboxylic acids is 1. The first-order valence-corrected chi connectivity index (χ1v) is 5.58. The second kappa shape index (κ2) is 5.12. The van der Waals surface area contributed by atoms with E-state index in [4.69, 9.17) is 5.73 Å². The molecule has 0 spiro atoms. The van der Waals surface area contributed by atoms with Gasteiger partial charge in [0.2, 0.25) is 5.91 Å². The van der Waals surface area contributed by atoms with E-state index in [1.807, 2.05) is 31.5 Å². The minimum atomic E-state index is -0.723. The molecule has 1 aromatic heterocycles. The van der Waals surface area contributed by atoms with Gasteiger partial charge in [0.25, 0.3) is 0 Å². The van der Waals surface area contributed by atoms with E-state index in [1.54, 1.807) is 6.20 Å². The van der Waals surface area contributed by atoms with Gasteiger partial charge < -0.3 is 15.6 Å². The second-order valence-corrected chi connectivity index (χ2v) is 4.05. The minimum absolute atomic E-state index is 0.342. The molecule has 1 heterocycles. The van der Waals surface area contributed by atoms with Crippen LogP contribution < -0.4 is 11.1 Å². The SMILES string of the molecule is CCNC(C)(Cn1ccnc1CC)C(N)=O. The van der Waals surface area contributed by atoms with Crippen LogP contribution in [0.3, 0.4) is 0 Å². The molecule has 1 amide bonds. The molecule has 90 valence electrons. The number of aryl methyl sites for hydroxylation is 1. The van der Waals surface area contributed by atoms with Crippen LogP contribution in [0.15, 0.2) is 12.4 Å². The number of carbonyl (C=O) groups is 1. The van der Waals surface area contributed by atoms with Crippen LogP contribution in [0.2, 0.25) is 0 Å². The van der Waals surface area contributed by atoms with Crippen molar-refractivity contribution in [3.8, 4) is 0 Å². The molecule has 0 saturated heterocycles. The van der Waals surface area contributed by atoms with Crippen LogP contribution in [0.1, 0.15) is 26.6 Å². The van der Waals surface area contributed by atoms with Crippen LogP contribution in [0.25, 0.3) is 0 Å². The van der Waals surface area contributed by atoms with Crippen LogP contribution in [0, 0.1) is 0 Å². The summed E-state index contributed by atoms with van der Waals surface area (Å²) in [4.78, 5) is 15.7. The van der Waals surface area contributed by atoms with Crippen molar-refractivity contribution >= 4 is 5.91 Å². The molecular weight excluding hydrogens is 204 g/mol. The lowest BCUT2D eigenvalue weighted by molar-refractivity contribution is -0.124. The Morgan fingerprint density at radius 1 is 1.62 bits per heavy atom. The molecule has 0 aliphatic carbocycles. The fourth-order valence-electron chi connectivity index (χ4n) is 1.75. The molecule has 0 fully saturated rings. The summed E-state index contributed by atoms with van der Waals surface area (Å²) in [6.07, 6.45) is 4.46. The predicted molar refractivity (Wildman–Crippen MR) is 62.9 cm³/mol. The quantitative estimate of drug-likeness (QED) is 0.730. The van der Waals surface area contributed by atoms with Crippen molar-refractivity contribution in [2.75, 3.05) is 6.54 Å². The monoisotopic (exact) mass is 224 g/mol. The molecule has 0 aliphatic rings. The molecule has 1 rings (SSSR count). The maximum atomic E-state index is 11.5. The molecule has 16 heavy (non-hydrogen) atoms. The van der Waals surface area contributed by atoms with E-state index in [0.717, 1.165) is 12.2 Å². The number of aromatic nitrogens is 2. The molecule has 3 N–H and O–H groups in total. The first-order valence-electron chi connectivity index (χ1n) is 5.58. The van der Waals surface area contributed by atoms with Gasteiger partial charge in [-0.25, -0.2) is 4.98 Å². The number of rotatable bonds is 6. The Kier molecular flexibility index (Phi) is 4.06. The Bertz CT molecular complexity index is 361. The number of primary amides is 1. The summed E-state index contributed by atoms with van der Waals surface area (Å²) in [5.74, 6) is 0.621. The summed E-state index contributed by atoms with van der Waals surface area (Å²) in [6, 6.07) is 0. The Hall–Kier alpha value is -1.36. The van der Waals surface area contributed by atoms with Gasteiger partial charge in [-0.15, -0.1) is 0 Å². The number of imidazole rings is 1. The van der Waals surface area contributed by atoms with Crippen molar-refractivity contribution in [2.24, 2.45) is 5.73 Å². The summed E-state index contributed by atoms with van der Waals surface area (Å²) in [5, 5.41) is 3.12. The lowest BCUT2D eigenvalue weighted by atomic mass is 10.0. The lowest BCUT2D eigenvalue weighted by Crippen LogP contribution is -2.55. The number of nitrogens with zero attached hydrogens (tertiary/aromatic N) is 2. The van der Waals surface area contributed by atoms with Gasteiger partial charge in [0, 0.05) is 18.8 Å². The highest BCUT2D eigenvalue weighted by Crippen LogP contribution is 2.09. The first kappa shape index (κ1) is 12.7. The molecule has 5 nitrogen and oxygen atoms in total. The van der Waals surface area contributed by atoms with E-state index in [0.29, 0.717) is 13.1 Å². The fourth-order valence-corrected chi connectivity index (χ4v) is 1.75. The minimum Gasteiger partial charge on any atom is -0.368 e. The zero-order chi connectivity index (χ0) is 12.2. The number of hydrogen-bond donors (Lipinski definition) is 2. The number of likely N-dealkylation sites (N-methyl/N-ethyl adjacent to an activating group) is 1. The molecule has 1 unspecified atom stereocenters. The molecule has 0 saturated carbocycles. The molecule has 1 atom stereocenters. The average molecular weight is 224 g/mol. The fraction of sp³-hybridized carbons (Fsp3) is 0.636. The molecule has 0 bridgehead atoms. The standard InChI is InChI=1S/C11H20N4O/c1-4-9-13-6-7-15(9)8-11(3,10(12)16)14-5-2/h6-7,14H,4-5,8H2,1-3H3,(H2,12,16). The lowest BCUT2D eigenvalue weighted by Gasteiger charge is -2.28. The van der Waals surface area contributed by atoms with E-state index in [2.05, 4.69) is 10.3 Å². The first-order chi connectivity index (χ1) is 7.53. The van der Waals surface area contributed by atoms with Crippen LogP contribution in [-0.2, 0) is 17.8 Å². The highest BCUT2D eigenvalue weighted by molar-refractivity contribution is 5.84. The Morgan fingerprint density at radius 2 is 2.31 bits per heavy atom. The summed E-state index contributed by atoms with van der Waals surface area (Å²) >= 11 is 0. The third-order valence-electron chi connectivity index (χ3n) is 2.72. The van der Waals surface area contributed by atoms with Crippen LogP contribution >= 0.6 is 0 Å². The van der Waals surface area contributed by atoms with Crippen molar-refractivity contribution in [1.82, 2.24) is 14.9 Å². The Balaban J connectivity index is 2.87. The summed E-state index contributed by atoms with van der Waals surface area (Å²) in [5.41, 5.74) is 4.71. The van der Waals surface area contributed by atoms with E-state index in [-0.39, 0.29) is 5.91 Å². The molecular formula is C11H20N4O. The largest absolute Gasteiger partial charge is 0.368 e. The zero-order valence-corrected chi connectivity index (χ0v) is 10.2. The van der Waals surface area contributed by atoms with Gasteiger partial charge in [0.1, 0.15) is 11.4 Å². The van der Waals surface area contributed by atoms with Gasteiger partial charge in [0.15, 0.2) is 0 Å². The van der Waals surface area contributed by atoms with Gasteiger partial charge in [-0.1, -0.05) is 13.8 Å². The number of nitrogens with one attached hydrogen (secondary N) is 1. The third kappa shape index (κ3) is 2.61.